The maximum atomic E-state index is 12.8. The number of hydrogen-bond acceptors (Lipinski definition) is 4. The number of para-hydroxylation sites is 2. The molecule has 0 fully saturated rings. The number of rotatable bonds is 3. The second kappa shape index (κ2) is 5.52. The molecule has 0 saturated heterocycles. The van der Waals surface area contributed by atoms with Gasteiger partial charge in [-0.3, -0.25) is 4.79 Å². The van der Waals surface area contributed by atoms with Gasteiger partial charge in [0.25, 0.3) is 5.91 Å². The first kappa shape index (κ1) is 14.1. The second-order valence-corrected chi connectivity index (χ2v) is 5.40. The number of nitrogens with one attached hydrogen (secondary N) is 1. The topological polar surface area (TPSA) is 67.2 Å². The predicted molar refractivity (Wildman–Crippen MR) is 86.3 cm³/mol. The summed E-state index contributed by atoms with van der Waals surface area (Å²) in [5.41, 5.74) is 1.86. The van der Waals surface area contributed by atoms with Crippen molar-refractivity contribution in [2.45, 2.75) is 19.9 Å². The molecule has 2 aromatic carbocycles. The summed E-state index contributed by atoms with van der Waals surface area (Å²) < 4.78 is 1.24. The molecule has 0 aliphatic heterocycles. The van der Waals surface area contributed by atoms with Crippen molar-refractivity contribution in [3.8, 4) is 5.88 Å². The van der Waals surface area contributed by atoms with Crippen LogP contribution >= 0.6 is 0 Å². The number of hydrogen-bond donors (Lipinski definition) is 2. The van der Waals surface area contributed by atoms with Crippen molar-refractivity contribution >= 4 is 22.5 Å². The van der Waals surface area contributed by atoms with E-state index in [4.69, 9.17) is 0 Å². The Balaban J connectivity index is 2.11. The SMILES string of the molecule is CC(C)Nc1ccccc1C(=O)n1nc(O)c2ccccc21. The highest BCUT2D eigenvalue weighted by molar-refractivity contribution is 6.05. The highest BCUT2D eigenvalue weighted by Crippen LogP contribution is 2.25. The molecule has 0 aliphatic carbocycles. The zero-order valence-corrected chi connectivity index (χ0v) is 12.4. The zero-order chi connectivity index (χ0) is 15.7. The Morgan fingerprint density at radius 3 is 2.59 bits per heavy atom. The first-order valence-electron chi connectivity index (χ1n) is 7.15. The van der Waals surface area contributed by atoms with Crippen molar-refractivity contribution in [3.63, 3.8) is 0 Å². The van der Waals surface area contributed by atoms with Crippen molar-refractivity contribution < 1.29 is 9.90 Å². The molecule has 0 saturated carbocycles. The Morgan fingerprint density at radius 2 is 1.82 bits per heavy atom. The molecular formula is C17H17N3O2. The van der Waals surface area contributed by atoms with Crippen LogP contribution in [0, 0.1) is 0 Å². The fraction of sp³-hybridized carbons (Fsp3) is 0.176. The van der Waals surface area contributed by atoms with Gasteiger partial charge in [-0.1, -0.05) is 24.3 Å². The van der Waals surface area contributed by atoms with E-state index in [0.717, 1.165) is 5.69 Å². The number of aromatic hydroxyl groups is 1. The minimum Gasteiger partial charge on any atom is -0.492 e. The summed E-state index contributed by atoms with van der Waals surface area (Å²) in [6.45, 7) is 4.02. The van der Waals surface area contributed by atoms with E-state index in [1.165, 1.54) is 4.68 Å². The van der Waals surface area contributed by atoms with Gasteiger partial charge in [-0.05, 0) is 38.1 Å². The Labute approximate surface area is 128 Å². The molecule has 1 aromatic heterocycles. The molecule has 0 atom stereocenters. The van der Waals surface area contributed by atoms with E-state index in [-0.39, 0.29) is 17.8 Å². The number of carbonyl (C=O) groups excluding carboxylic acids is 1. The number of nitrogens with zero attached hydrogens (tertiary/aromatic N) is 2. The summed E-state index contributed by atoms with van der Waals surface area (Å²) in [4.78, 5) is 12.8. The summed E-state index contributed by atoms with van der Waals surface area (Å²) >= 11 is 0. The molecule has 5 heteroatoms. The Hall–Kier alpha value is -2.82. The summed E-state index contributed by atoms with van der Waals surface area (Å²) in [5, 5.41) is 17.7. The van der Waals surface area contributed by atoms with E-state index in [2.05, 4.69) is 10.4 Å². The van der Waals surface area contributed by atoms with Crippen molar-refractivity contribution in [1.82, 2.24) is 9.78 Å². The highest BCUT2D eigenvalue weighted by Gasteiger charge is 2.19. The molecule has 3 aromatic rings. The smallest absolute Gasteiger partial charge is 0.280 e. The van der Waals surface area contributed by atoms with E-state index >= 15 is 0 Å². The minimum absolute atomic E-state index is 0.141. The monoisotopic (exact) mass is 295 g/mol. The van der Waals surface area contributed by atoms with Crippen LogP contribution in [0.4, 0.5) is 5.69 Å². The lowest BCUT2D eigenvalue weighted by Gasteiger charge is -2.14. The van der Waals surface area contributed by atoms with Crippen LogP contribution in [0.25, 0.3) is 10.9 Å². The maximum absolute atomic E-state index is 12.8. The summed E-state index contributed by atoms with van der Waals surface area (Å²) in [6, 6.07) is 14.6. The van der Waals surface area contributed by atoms with E-state index < -0.39 is 0 Å². The third kappa shape index (κ3) is 2.41. The van der Waals surface area contributed by atoms with Gasteiger partial charge >= 0.3 is 0 Å². The molecular weight excluding hydrogens is 278 g/mol. The molecule has 0 spiro atoms. The number of fused-ring (bicyclic) bond motifs is 1. The zero-order valence-electron chi connectivity index (χ0n) is 12.4. The van der Waals surface area contributed by atoms with Gasteiger partial charge in [-0.2, -0.15) is 4.68 Å². The standard InChI is InChI=1S/C17H17N3O2/c1-11(2)18-14-9-5-3-7-12(14)17(22)20-15-10-6-4-8-13(15)16(21)19-20/h3-11,18H,1-2H3,(H,19,21). The van der Waals surface area contributed by atoms with Gasteiger partial charge in [0.05, 0.1) is 16.5 Å². The Kier molecular flexibility index (Phi) is 3.55. The van der Waals surface area contributed by atoms with Gasteiger partial charge in [-0.15, -0.1) is 5.10 Å². The normalized spacial score (nSPS) is 11.0. The number of carbonyl (C=O) groups is 1. The average Bonchev–Trinajstić information content (AvgIpc) is 2.84. The van der Waals surface area contributed by atoms with Crippen LogP contribution in [-0.4, -0.2) is 26.8 Å². The molecule has 2 N–H and O–H groups in total. The molecule has 0 unspecified atom stereocenters. The summed E-state index contributed by atoms with van der Waals surface area (Å²) in [6.07, 6.45) is 0. The number of anilines is 1. The van der Waals surface area contributed by atoms with Gasteiger partial charge in [-0.25, -0.2) is 0 Å². The van der Waals surface area contributed by atoms with Crippen molar-refractivity contribution in [3.05, 3.63) is 54.1 Å². The fourth-order valence-electron chi connectivity index (χ4n) is 2.43. The van der Waals surface area contributed by atoms with E-state index in [1.54, 1.807) is 24.3 Å². The minimum atomic E-state index is -0.278. The lowest BCUT2D eigenvalue weighted by molar-refractivity contribution is 0.0949. The third-order valence-electron chi connectivity index (χ3n) is 3.36. The molecule has 0 radical (unpaired) electrons. The fourth-order valence-corrected chi connectivity index (χ4v) is 2.43. The summed E-state index contributed by atoms with van der Waals surface area (Å²) in [5.74, 6) is -0.418. The maximum Gasteiger partial charge on any atom is 0.280 e. The third-order valence-corrected chi connectivity index (χ3v) is 3.36. The molecule has 3 rings (SSSR count). The molecule has 0 amide bonds. The Bertz CT molecular complexity index is 837. The van der Waals surface area contributed by atoms with Crippen molar-refractivity contribution in [2.24, 2.45) is 0 Å². The average molecular weight is 295 g/mol. The van der Waals surface area contributed by atoms with Crippen LogP contribution in [0.5, 0.6) is 5.88 Å². The van der Waals surface area contributed by atoms with E-state index in [1.807, 2.05) is 38.1 Å². The van der Waals surface area contributed by atoms with Crippen LogP contribution < -0.4 is 5.32 Å². The lowest BCUT2D eigenvalue weighted by atomic mass is 10.1. The summed E-state index contributed by atoms with van der Waals surface area (Å²) in [7, 11) is 0. The van der Waals surface area contributed by atoms with Crippen LogP contribution in [0.1, 0.15) is 24.2 Å². The molecule has 1 heterocycles. The second-order valence-electron chi connectivity index (χ2n) is 5.40. The lowest BCUT2D eigenvalue weighted by Crippen LogP contribution is -2.18. The van der Waals surface area contributed by atoms with Crippen LogP contribution in [0.2, 0.25) is 0 Å². The van der Waals surface area contributed by atoms with Crippen molar-refractivity contribution in [1.29, 1.82) is 0 Å². The first-order chi connectivity index (χ1) is 10.6. The van der Waals surface area contributed by atoms with Crippen LogP contribution in [-0.2, 0) is 0 Å². The van der Waals surface area contributed by atoms with Gasteiger partial charge in [0.2, 0.25) is 5.88 Å². The van der Waals surface area contributed by atoms with Crippen LogP contribution in [0.3, 0.4) is 0 Å². The number of aromatic nitrogens is 2. The van der Waals surface area contributed by atoms with Crippen LogP contribution in [0.15, 0.2) is 48.5 Å². The van der Waals surface area contributed by atoms with E-state index in [0.29, 0.717) is 16.5 Å². The van der Waals surface area contributed by atoms with Gasteiger partial charge in [0.15, 0.2) is 0 Å². The van der Waals surface area contributed by atoms with Crippen molar-refractivity contribution in [2.75, 3.05) is 5.32 Å². The molecule has 0 aliphatic rings. The van der Waals surface area contributed by atoms with E-state index in [9.17, 15) is 9.90 Å². The largest absolute Gasteiger partial charge is 0.492 e. The molecule has 22 heavy (non-hydrogen) atoms. The quantitative estimate of drug-likeness (QED) is 0.778. The molecule has 112 valence electrons. The first-order valence-corrected chi connectivity index (χ1v) is 7.15. The Morgan fingerprint density at radius 1 is 1.14 bits per heavy atom. The molecule has 0 bridgehead atoms. The predicted octanol–water partition coefficient (Wildman–Crippen LogP) is 3.25. The molecule has 5 nitrogen and oxygen atoms in total. The van der Waals surface area contributed by atoms with Gasteiger partial charge < -0.3 is 10.4 Å². The van der Waals surface area contributed by atoms with Gasteiger partial charge in [0.1, 0.15) is 0 Å². The highest BCUT2D eigenvalue weighted by atomic mass is 16.3. The van der Waals surface area contributed by atoms with Gasteiger partial charge in [0, 0.05) is 11.7 Å². The number of benzene rings is 2.